The molecule has 0 aliphatic carbocycles. The lowest BCUT2D eigenvalue weighted by atomic mass is 10.1. The monoisotopic (exact) mass is 412 g/mol. The zero-order chi connectivity index (χ0) is 21.5. The van der Waals surface area contributed by atoms with Crippen LogP contribution < -0.4 is 0 Å². The summed E-state index contributed by atoms with van der Waals surface area (Å²) in [4.78, 5) is 14.8. The van der Waals surface area contributed by atoms with Gasteiger partial charge in [-0.1, -0.05) is 91.0 Å². The number of benzene rings is 4. The fourth-order valence-electron chi connectivity index (χ4n) is 4.26. The highest BCUT2D eigenvalue weighted by atomic mass is 15.2. The third-order valence-corrected chi connectivity index (χ3v) is 5.82. The van der Waals surface area contributed by atoms with E-state index in [-0.39, 0.29) is 0 Å². The van der Waals surface area contributed by atoms with Gasteiger partial charge in [0.05, 0.1) is 11.0 Å². The molecular formula is C28H20N4. The summed E-state index contributed by atoms with van der Waals surface area (Å²) in [6.07, 6.45) is 0. The maximum absolute atomic E-state index is 4.97. The predicted molar refractivity (Wildman–Crippen MR) is 130 cm³/mol. The van der Waals surface area contributed by atoms with E-state index in [1.54, 1.807) is 0 Å². The van der Waals surface area contributed by atoms with E-state index in [2.05, 4.69) is 72.2 Å². The van der Waals surface area contributed by atoms with Gasteiger partial charge in [0, 0.05) is 21.9 Å². The van der Waals surface area contributed by atoms with Gasteiger partial charge in [0.1, 0.15) is 0 Å². The number of rotatable bonds is 3. The van der Waals surface area contributed by atoms with E-state index in [0.29, 0.717) is 17.6 Å². The molecule has 0 aliphatic rings. The molecule has 0 saturated carbocycles. The molecular weight excluding hydrogens is 392 g/mol. The number of fused-ring (bicyclic) bond motifs is 3. The van der Waals surface area contributed by atoms with E-state index in [1.165, 1.54) is 10.8 Å². The van der Waals surface area contributed by atoms with E-state index in [4.69, 9.17) is 15.0 Å². The summed E-state index contributed by atoms with van der Waals surface area (Å²) in [6, 6.07) is 35.1. The third kappa shape index (κ3) is 2.96. The first-order valence-corrected chi connectivity index (χ1v) is 10.7. The minimum Gasteiger partial charge on any atom is -0.278 e. The lowest BCUT2D eigenvalue weighted by molar-refractivity contribution is 0.952. The van der Waals surface area contributed by atoms with Gasteiger partial charge in [-0.3, -0.25) is 4.57 Å². The number of aryl methyl sites for hydroxylation is 1. The van der Waals surface area contributed by atoms with Gasteiger partial charge in [-0.2, -0.15) is 9.97 Å². The van der Waals surface area contributed by atoms with Crippen molar-refractivity contribution in [1.82, 2.24) is 19.5 Å². The Kier molecular flexibility index (Phi) is 4.29. The summed E-state index contributed by atoms with van der Waals surface area (Å²) in [6.45, 7) is 2.08. The molecule has 0 spiro atoms. The second-order valence-electron chi connectivity index (χ2n) is 7.83. The van der Waals surface area contributed by atoms with Crippen LogP contribution in [0.1, 0.15) is 5.56 Å². The van der Waals surface area contributed by atoms with Crippen molar-refractivity contribution < 1.29 is 0 Å². The van der Waals surface area contributed by atoms with Crippen LogP contribution in [-0.4, -0.2) is 19.5 Å². The van der Waals surface area contributed by atoms with Crippen LogP contribution >= 0.6 is 0 Å². The Morgan fingerprint density at radius 3 is 1.78 bits per heavy atom. The number of para-hydroxylation sites is 2. The first kappa shape index (κ1) is 18.5. The molecule has 32 heavy (non-hydrogen) atoms. The molecule has 0 bridgehead atoms. The number of nitrogens with zero attached hydrogens (tertiary/aromatic N) is 4. The minimum atomic E-state index is 0.620. The average molecular weight is 412 g/mol. The van der Waals surface area contributed by atoms with Gasteiger partial charge in [-0.05, 0) is 24.6 Å². The summed E-state index contributed by atoms with van der Waals surface area (Å²) >= 11 is 0. The maximum atomic E-state index is 4.97. The Morgan fingerprint density at radius 2 is 1.09 bits per heavy atom. The molecule has 2 aromatic heterocycles. The topological polar surface area (TPSA) is 43.6 Å². The normalized spacial score (nSPS) is 11.3. The van der Waals surface area contributed by atoms with Crippen molar-refractivity contribution in [1.29, 1.82) is 0 Å². The first-order chi connectivity index (χ1) is 15.8. The Labute approximate surface area is 185 Å². The van der Waals surface area contributed by atoms with Crippen molar-refractivity contribution in [3.05, 3.63) is 109 Å². The minimum absolute atomic E-state index is 0.620. The molecule has 152 valence electrons. The second-order valence-corrected chi connectivity index (χ2v) is 7.83. The Bertz CT molecular complexity index is 1530. The fraction of sp³-hybridized carbons (Fsp3) is 0.0357. The lowest BCUT2D eigenvalue weighted by Crippen LogP contribution is -2.06. The molecule has 0 N–H and O–H groups in total. The smallest absolute Gasteiger partial charge is 0.238 e. The number of hydrogen-bond acceptors (Lipinski definition) is 3. The van der Waals surface area contributed by atoms with Crippen LogP contribution in [-0.2, 0) is 0 Å². The molecule has 6 rings (SSSR count). The number of aromatic nitrogens is 4. The van der Waals surface area contributed by atoms with Crippen molar-refractivity contribution in [2.75, 3.05) is 0 Å². The van der Waals surface area contributed by atoms with Crippen molar-refractivity contribution in [3.63, 3.8) is 0 Å². The molecule has 2 heterocycles. The molecule has 0 radical (unpaired) electrons. The van der Waals surface area contributed by atoms with E-state index >= 15 is 0 Å². The van der Waals surface area contributed by atoms with Crippen molar-refractivity contribution in [3.8, 4) is 28.7 Å². The van der Waals surface area contributed by atoms with Crippen molar-refractivity contribution in [2.45, 2.75) is 6.92 Å². The molecule has 0 unspecified atom stereocenters. The van der Waals surface area contributed by atoms with Crippen LogP contribution in [0.25, 0.3) is 50.5 Å². The Morgan fingerprint density at radius 1 is 0.531 bits per heavy atom. The zero-order valence-corrected chi connectivity index (χ0v) is 17.6. The van der Waals surface area contributed by atoms with Gasteiger partial charge < -0.3 is 0 Å². The molecule has 0 amide bonds. The standard InChI is InChI=1S/C28H20N4/c1-19-11-5-6-14-21(19)27-29-26(20-12-3-2-4-13-20)30-28(31-27)32-24-17-9-7-15-22(24)23-16-8-10-18-25(23)32/h2-18H,1H3. The van der Waals surface area contributed by atoms with E-state index in [1.807, 2.05) is 42.5 Å². The van der Waals surface area contributed by atoms with E-state index in [0.717, 1.165) is 27.7 Å². The van der Waals surface area contributed by atoms with Gasteiger partial charge in [0.25, 0.3) is 0 Å². The maximum Gasteiger partial charge on any atom is 0.238 e. The van der Waals surface area contributed by atoms with Crippen LogP contribution in [0.5, 0.6) is 0 Å². The summed E-state index contributed by atoms with van der Waals surface area (Å²) in [5.41, 5.74) is 5.26. The van der Waals surface area contributed by atoms with Gasteiger partial charge in [-0.25, -0.2) is 4.98 Å². The lowest BCUT2D eigenvalue weighted by Gasteiger charge is -2.11. The van der Waals surface area contributed by atoms with E-state index in [9.17, 15) is 0 Å². The van der Waals surface area contributed by atoms with Crippen LogP contribution in [0.15, 0.2) is 103 Å². The third-order valence-electron chi connectivity index (χ3n) is 5.82. The Balaban J connectivity index is 1.70. The highest BCUT2D eigenvalue weighted by Gasteiger charge is 2.17. The van der Waals surface area contributed by atoms with Crippen LogP contribution in [0.2, 0.25) is 0 Å². The van der Waals surface area contributed by atoms with Gasteiger partial charge in [0.15, 0.2) is 11.6 Å². The number of hydrogen-bond donors (Lipinski definition) is 0. The summed E-state index contributed by atoms with van der Waals surface area (Å²) < 4.78 is 2.14. The van der Waals surface area contributed by atoms with Gasteiger partial charge in [0.2, 0.25) is 5.95 Å². The highest BCUT2D eigenvalue weighted by molar-refractivity contribution is 6.08. The fourth-order valence-corrected chi connectivity index (χ4v) is 4.26. The predicted octanol–water partition coefficient (Wildman–Crippen LogP) is 6.61. The summed E-state index contributed by atoms with van der Waals surface area (Å²) in [5, 5.41) is 2.37. The van der Waals surface area contributed by atoms with Crippen LogP contribution in [0, 0.1) is 6.92 Å². The molecule has 0 saturated heterocycles. The Hall–Kier alpha value is -4.31. The SMILES string of the molecule is Cc1ccccc1-c1nc(-c2ccccc2)nc(-n2c3ccccc3c3ccccc32)n1. The zero-order valence-electron chi connectivity index (χ0n) is 17.6. The molecule has 0 atom stereocenters. The second kappa shape index (κ2) is 7.43. The van der Waals surface area contributed by atoms with Crippen molar-refractivity contribution in [2.24, 2.45) is 0 Å². The summed E-state index contributed by atoms with van der Waals surface area (Å²) in [5.74, 6) is 1.96. The van der Waals surface area contributed by atoms with E-state index < -0.39 is 0 Å². The largest absolute Gasteiger partial charge is 0.278 e. The first-order valence-electron chi connectivity index (χ1n) is 10.7. The van der Waals surface area contributed by atoms with Gasteiger partial charge in [-0.15, -0.1) is 0 Å². The molecule has 0 fully saturated rings. The van der Waals surface area contributed by atoms with Gasteiger partial charge >= 0.3 is 0 Å². The molecule has 4 aromatic carbocycles. The molecule has 4 nitrogen and oxygen atoms in total. The van der Waals surface area contributed by atoms with Crippen LogP contribution in [0.3, 0.4) is 0 Å². The van der Waals surface area contributed by atoms with Crippen molar-refractivity contribution >= 4 is 21.8 Å². The molecule has 6 aromatic rings. The highest BCUT2D eigenvalue weighted by Crippen LogP contribution is 2.32. The average Bonchev–Trinajstić information content (AvgIpc) is 3.19. The molecule has 0 aliphatic heterocycles. The molecule has 4 heteroatoms. The van der Waals surface area contributed by atoms with Crippen LogP contribution in [0.4, 0.5) is 0 Å². The quantitative estimate of drug-likeness (QED) is 0.328. The summed E-state index contributed by atoms with van der Waals surface area (Å²) in [7, 11) is 0.